The Kier molecular flexibility index (Phi) is 35.2. The van der Waals surface area contributed by atoms with E-state index >= 15 is 14.4 Å². The van der Waals surface area contributed by atoms with Gasteiger partial charge < -0.3 is 72.8 Å². The number of nitrogens with zero attached hydrogens (tertiary/aromatic N) is 5. The number of thioether (sulfide) groups is 1. The predicted octanol–water partition coefficient (Wildman–Crippen LogP) is -0.0110. The Morgan fingerprint density at radius 2 is 1.05 bits per heavy atom. The number of hydrogen-bond acceptors (Lipinski definition) is 18. The predicted molar refractivity (Wildman–Crippen MR) is 376 cm³/mol. The van der Waals surface area contributed by atoms with Crippen molar-refractivity contribution in [2.75, 3.05) is 123 Å². The molecule has 3 aromatic carbocycles. The van der Waals surface area contributed by atoms with E-state index in [2.05, 4.69) is 47.5 Å². The number of H-pyrrole nitrogens is 1. The first-order valence-electron chi connectivity index (χ1n) is 34.5. The molecule has 0 spiro atoms. The van der Waals surface area contributed by atoms with E-state index in [4.69, 9.17) is 0 Å². The number of carbonyl (C=O) groups excluding carboxylic acids is 8. The molecule has 13 N–H and O–H groups in total. The van der Waals surface area contributed by atoms with Crippen LogP contribution in [0.3, 0.4) is 0 Å². The molecule has 0 saturated carbocycles. The number of carbonyl (C=O) groups is 11. The standard InChI is InChI=1S/C70H100N14O15S.Lu/c1-46-70(99)80(3)56(24-37-100-45-58(87)73-26-15-5-4-14-25-72-57(86)41-81-29-31-82(42-59(88)89)33-35-84(44-61(92)93)36-34-83(32-30-81)43-60(90)91)67(96)79-64(62(49-16-8-6-9-17-49)50-18-10-7-11-19-50)69(98)77-55(39-51-40-74-53-21-13-12-20-52(51)53)65(94)76-54(38-48-22-27-71-28-23-48)66(95)78-63(47(2)85)68(97)75-46;/h6-13,16-21,40,46-48,54-56,62-64,71,74,85H,4-5,14-15,22-39,41-45H2,1-3H3,(H,72,86)(H,73,87)(H,75,97)(H,76,94)(H,77,98)(H,78,95)(H,79,96)(H,88,89)(H,90,91)(H,92,93);/t46-,47+,54-,55+,56-,63-,64-;/m0./s1. The van der Waals surface area contributed by atoms with Gasteiger partial charge in [0.1, 0.15) is 36.3 Å². The van der Waals surface area contributed by atoms with Crippen molar-refractivity contribution >= 4 is 87.8 Å². The third-order valence-electron chi connectivity index (χ3n) is 18.4. The second kappa shape index (κ2) is 43.0. The van der Waals surface area contributed by atoms with Gasteiger partial charge in [-0.1, -0.05) is 91.7 Å². The van der Waals surface area contributed by atoms with E-state index in [-0.39, 0.29) is 151 Å². The molecule has 31 heteroatoms. The minimum absolute atomic E-state index is 0. The summed E-state index contributed by atoms with van der Waals surface area (Å²) in [6.45, 7) is 6.18. The van der Waals surface area contributed by atoms with Crippen LogP contribution in [-0.2, 0) is 59.2 Å². The molecule has 7 rings (SSSR count). The van der Waals surface area contributed by atoms with Crippen LogP contribution in [0.4, 0.5) is 0 Å². The molecule has 3 aliphatic heterocycles. The molecule has 3 aliphatic rings. The van der Waals surface area contributed by atoms with Crippen molar-refractivity contribution in [1.29, 1.82) is 0 Å². The number of carboxylic acids is 3. The summed E-state index contributed by atoms with van der Waals surface area (Å²) in [6, 6.07) is 17.3. The Hall–Kier alpha value is -7.29. The van der Waals surface area contributed by atoms with Crippen molar-refractivity contribution in [2.24, 2.45) is 5.92 Å². The molecular formula is C70H100LuN14O15S. The first kappa shape index (κ1) is 82.7. The van der Waals surface area contributed by atoms with Crippen molar-refractivity contribution in [1.82, 2.24) is 72.0 Å². The molecule has 3 fully saturated rings. The van der Waals surface area contributed by atoms with Gasteiger partial charge in [-0.2, -0.15) is 11.8 Å². The molecule has 3 saturated heterocycles. The van der Waals surface area contributed by atoms with Crippen LogP contribution in [0, 0.1) is 42.8 Å². The van der Waals surface area contributed by atoms with Gasteiger partial charge >= 0.3 is 17.9 Å². The summed E-state index contributed by atoms with van der Waals surface area (Å²) >= 11 is 1.21. The second-order valence-electron chi connectivity index (χ2n) is 26.1. The SMILES string of the molecule is C[C@@H]1NC(=O)[C@H]([C@@H](C)O)NC(=O)[C@H](CC2CCNCC2)NC(=O)[C@@H](Cc2c[nH]c3ccccc23)NC(=O)[C@H](C(c2ccccc2)c2ccccc2)NC(=O)[C@H](CCSCC(=O)NCCCCCCNC(=O)CN2CCN(CC(=O)O)CCN(CC(=O)O)CCN(CC(=O)O)CC2)N(C)C1=O.[Lu]. The molecule has 8 amide bonds. The number of carboxylic acid groups (broad SMARTS) is 3. The van der Waals surface area contributed by atoms with Crippen LogP contribution in [0.15, 0.2) is 91.1 Å². The average Bonchev–Trinajstić information content (AvgIpc) is 1.58. The number of aromatic nitrogens is 1. The van der Waals surface area contributed by atoms with Crippen molar-refractivity contribution in [3.05, 3.63) is 108 Å². The van der Waals surface area contributed by atoms with Gasteiger partial charge in [-0.25, -0.2) is 0 Å². The van der Waals surface area contributed by atoms with Crippen LogP contribution < -0.4 is 42.5 Å². The molecular weight excluding hydrogens is 1480 g/mol. The molecule has 7 atom stereocenters. The fourth-order valence-corrected chi connectivity index (χ4v) is 13.7. The summed E-state index contributed by atoms with van der Waals surface area (Å²) in [5, 5.41) is 63.9. The number of aliphatic carboxylic acids is 3. The zero-order valence-corrected chi connectivity index (χ0v) is 60.1. The summed E-state index contributed by atoms with van der Waals surface area (Å²) in [6.07, 6.45) is 4.44. The average molecular weight is 1580 g/mol. The van der Waals surface area contributed by atoms with Gasteiger partial charge in [-0.05, 0) is 99.9 Å². The molecule has 1 radical (unpaired) electrons. The topological polar surface area (TPSA) is 397 Å². The Morgan fingerprint density at radius 3 is 1.58 bits per heavy atom. The van der Waals surface area contributed by atoms with Crippen molar-refractivity contribution < 1.29 is 110 Å². The summed E-state index contributed by atoms with van der Waals surface area (Å²) in [5.74, 6) is -9.03. The van der Waals surface area contributed by atoms with E-state index < -0.39 is 102 Å². The number of unbranched alkanes of at least 4 members (excludes halogenated alkanes) is 3. The minimum atomic E-state index is -1.59. The van der Waals surface area contributed by atoms with Gasteiger partial charge in [0, 0.05) is 139 Å². The molecule has 4 aromatic rings. The number of para-hydroxylation sites is 1. The van der Waals surface area contributed by atoms with Crippen LogP contribution >= 0.6 is 11.8 Å². The zero-order chi connectivity index (χ0) is 72.1. The maximum absolute atomic E-state index is 15.7. The Balaban J connectivity index is 0.0000161. The van der Waals surface area contributed by atoms with Crippen LogP contribution in [0.2, 0.25) is 0 Å². The summed E-state index contributed by atoms with van der Waals surface area (Å²) in [5.41, 5.74) is 2.72. The van der Waals surface area contributed by atoms with Crippen molar-refractivity contribution in [2.45, 2.75) is 120 Å². The van der Waals surface area contributed by atoms with Crippen LogP contribution in [-0.4, -0.2) is 281 Å². The molecule has 561 valence electrons. The molecule has 0 aliphatic carbocycles. The third kappa shape index (κ3) is 27.5. The fourth-order valence-electron chi connectivity index (χ4n) is 12.9. The van der Waals surface area contributed by atoms with Gasteiger partial charge in [0.2, 0.25) is 47.3 Å². The number of likely N-dealkylation sites (N-methyl/N-ethyl adjacent to an activating group) is 1. The molecule has 0 unspecified atom stereocenters. The Labute approximate surface area is 622 Å². The van der Waals surface area contributed by atoms with Crippen LogP contribution in [0.5, 0.6) is 0 Å². The number of rotatable bonds is 28. The summed E-state index contributed by atoms with van der Waals surface area (Å²) < 4.78 is 0. The minimum Gasteiger partial charge on any atom is -0.480 e. The number of aliphatic hydroxyl groups excluding tert-OH is 1. The molecule has 4 heterocycles. The number of aromatic amines is 1. The van der Waals surface area contributed by atoms with Crippen LogP contribution in [0.25, 0.3) is 10.9 Å². The normalized spacial score (nSPS) is 21.8. The number of fused-ring (bicyclic) bond motifs is 1. The quantitative estimate of drug-likeness (QED) is 0.0333. The number of aliphatic hydroxyl groups is 1. The maximum atomic E-state index is 15.7. The number of hydrogen-bond donors (Lipinski definition) is 13. The van der Waals surface area contributed by atoms with Gasteiger partial charge in [0.25, 0.3) is 0 Å². The Bertz CT molecular complexity index is 3300. The number of amides is 8. The van der Waals surface area contributed by atoms with E-state index in [1.807, 2.05) is 65.6 Å². The van der Waals surface area contributed by atoms with Gasteiger partial charge in [-0.15, -0.1) is 0 Å². The number of piperidine rings is 1. The largest absolute Gasteiger partial charge is 0.480 e. The maximum Gasteiger partial charge on any atom is 0.317 e. The fraction of sp³-hybridized carbons (Fsp3) is 0.557. The second-order valence-corrected chi connectivity index (χ2v) is 27.2. The van der Waals surface area contributed by atoms with Crippen molar-refractivity contribution in [3.8, 4) is 0 Å². The molecule has 29 nitrogen and oxygen atoms in total. The molecule has 1 aromatic heterocycles. The van der Waals surface area contributed by atoms with E-state index in [0.717, 1.165) is 23.7 Å². The van der Waals surface area contributed by atoms with E-state index in [1.165, 1.54) is 37.6 Å². The first-order chi connectivity index (χ1) is 48.0. The summed E-state index contributed by atoms with van der Waals surface area (Å²) in [7, 11) is 1.39. The van der Waals surface area contributed by atoms with E-state index in [9.17, 15) is 58.8 Å². The van der Waals surface area contributed by atoms with Gasteiger partial charge in [-0.3, -0.25) is 72.3 Å². The third-order valence-corrected chi connectivity index (χ3v) is 19.4. The Morgan fingerprint density at radius 1 is 0.574 bits per heavy atom. The van der Waals surface area contributed by atoms with Gasteiger partial charge in [0.05, 0.1) is 38.0 Å². The first-order valence-corrected chi connectivity index (χ1v) is 35.7. The van der Waals surface area contributed by atoms with E-state index in [1.54, 1.807) is 45.2 Å². The van der Waals surface area contributed by atoms with Crippen molar-refractivity contribution in [3.63, 3.8) is 0 Å². The van der Waals surface area contributed by atoms with E-state index in [0.29, 0.717) is 81.6 Å². The molecule has 101 heavy (non-hydrogen) atoms. The monoisotopic (exact) mass is 1580 g/mol. The zero-order valence-electron chi connectivity index (χ0n) is 57.6. The smallest absolute Gasteiger partial charge is 0.317 e. The van der Waals surface area contributed by atoms with Crippen LogP contribution in [0.1, 0.15) is 87.8 Å². The number of nitrogens with one attached hydrogen (secondary N) is 9. The number of benzene rings is 3. The summed E-state index contributed by atoms with van der Waals surface area (Å²) in [4.78, 5) is 162. The molecule has 0 bridgehead atoms. The van der Waals surface area contributed by atoms with Gasteiger partial charge in [0.15, 0.2) is 0 Å².